The minimum Gasteiger partial charge on any atom is -0.444 e. The molecule has 0 aliphatic carbocycles. The molecule has 0 unspecified atom stereocenters. The van der Waals surface area contributed by atoms with Gasteiger partial charge in [0.05, 0.1) is 13.2 Å². The lowest BCUT2D eigenvalue weighted by molar-refractivity contribution is 0.00159. The first-order chi connectivity index (χ1) is 14.1. The first-order valence-electron chi connectivity index (χ1n) is 9.88. The molecular weight excluding hydrogens is 438 g/mol. The highest BCUT2D eigenvalue weighted by atomic mass is 79.9. The van der Waals surface area contributed by atoms with Gasteiger partial charge in [0.1, 0.15) is 0 Å². The van der Waals surface area contributed by atoms with Crippen LogP contribution in [0.3, 0.4) is 0 Å². The van der Waals surface area contributed by atoms with Gasteiger partial charge in [-0.3, -0.25) is 14.5 Å². The number of likely N-dealkylation sites (tertiary alicyclic amines) is 1. The van der Waals surface area contributed by atoms with Crippen LogP contribution in [0.5, 0.6) is 0 Å². The summed E-state index contributed by atoms with van der Waals surface area (Å²) in [6.07, 6.45) is 2.00. The predicted molar refractivity (Wildman–Crippen MR) is 112 cm³/mol. The molecule has 0 bridgehead atoms. The molecule has 7 nitrogen and oxygen atoms in total. The van der Waals surface area contributed by atoms with Crippen LogP contribution in [0.1, 0.15) is 33.8 Å². The number of carbonyl (C=O) groups is 2. The summed E-state index contributed by atoms with van der Waals surface area (Å²) in [7, 11) is 0. The molecule has 2 aromatic rings. The molecule has 0 saturated carbocycles. The van der Waals surface area contributed by atoms with Crippen molar-refractivity contribution in [3.8, 4) is 0 Å². The lowest BCUT2D eigenvalue weighted by Crippen LogP contribution is -2.50. The van der Waals surface area contributed by atoms with Crippen LogP contribution in [-0.4, -0.2) is 67.0 Å². The highest BCUT2D eigenvalue weighted by Crippen LogP contribution is 2.21. The summed E-state index contributed by atoms with van der Waals surface area (Å²) in [6.45, 7) is 5.12. The van der Waals surface area contributed by atoms with Crippen LogP contribution in [-0.2, 0) is 4.74 Å². The Hall–Kier alpha value is -2.16. The van der Waals surface area contributed by atoms with E-state index in [1.807, 2.05) is 4.90 Å². The van der Waals surface area contributed by atoms with Crippen molar-refractivity contribution in [3.05, 3.63) is 52.4 Å². The van der Waals surface area contributed by atoms with Crippen LogP contribution < -0.4 is 5.32 Å². The van der Waals surface area contributed by atoms with Crippen molar-refractivity contribution >= 4 is 33.4 Å². The number of rotatable bonds is 4. The van der Waals surface area contributed by atoms with E-state index >= 15 is 0 Å². The number of ether oxygens (including phenoxy) is 1. The third-order valence-corrected chi connectivity index (χ3v) is 5.93. The van der Waals surface area contributed by atoms with Crippen molar-refractivity contribution in [1.29, 1.82) is 0 Å². The lowest BCUT2D eigenvalue weighted by Gasteiger charge is -2.40. The van der Waals surface area contributed by atoms with Gasteiger partial charge in [0, 0.05) is 43.5 Å². The number of amides is 2. The van der Waals surface area contributed by atoms with E-state index in [0.717, 1.165) is 52.2 Å². The Morgan fingerprint density at radius 2 is 1.66 bits per heavy atom. The number of benzene rings is 1. The zero-order valence-electron chi connectivity index (χ0n) is 16.1. The average Bonchev–Trinajstić information content (AvgIpc) is 3.21. The maximum atomic E-state index is 12.8. The fourth-order valence-corrected chi connectivity index (χ4v) is 4.19. The standard InChI is InChI=1S/C21H24BrN3O4/c22-19-6-5-18(29-19)20(26)23-16-3-1-15(2-4-16)21(27)25-9-7-17(8-10-25)24-11-13-28-14-12-24/h1-6,17H,7-14H2,(H,23,26). The molecule has 2 aliphatic heterocycles. The second-order valence-corrected chi connectivity index (χ2v) is 8.09. The van der Waals surface area contributed by atoms with E-state index in [0.29, 0.717) is 22.0 Å². The molecule has 1 aromatic carbocycles. The number of morpholine rings is 1. The van der Waals surface area contributed by atoms with Gasteiger partial charge in [-0.25, -0.2) is 0 Å². The highest BCUT2D eigenvalue weighted by Gasteiger charge is 2.28. The van der Waals surface area contributed by atoms with E-state index in [1.54, 1.807) is 36.4 Å². The van der Waals surface area contributed by atoms with Gasteiger partial charge in [-0.1, -0.05) is 0 Å². The number of furan rings is 1. The van der Waals surface area contributed by atoms with Crippen LogP contribution >= 0.6 is 15.9 Å². The van der Waals surface area contributed by atoms with Crippen molar-refractivity contribution < 1.29 is 18.7 Å². The largest absolute Gasteiger partial charge is 0.444 e. The van der Waals surface area contributed by atoms with Gasteiger partial charge < -0.3 is 19.4 Å². The quantitative estimate of drug-likeness (QED) is 0.756. The number of anilines is 1. The van der Waals surface area contributed by atoms with E-state index in [1.165, 1.54) is 0 Å². The van der Waals surface area contributed by atoms with Crippen molar-refractivity contribution in [2.24, 2.45) is 0 Å². The van der Waals surface area contributed by atoms with Crippen LogP contribution in [0.2, 0.25) is 0 Å². The molecular formula is C21H24BrN3O4. The van der Waals surface area contributed by atoms with Crippen molar-refractivity contribution in [2.75, 3.05) is 44.7 Å². The van der Waals surface area contributed by atoms with Crippen molar-refractivity contribution in [2.45, 2.75) is 18.9 Å². The summed E-state index contributed by atoms with van der Waals surface area (Å²) < 4.78 is 11.2. The zero-order valence-corrected chi connectivity index (χ0v) is 17.7. The third-order valence-electron chi connectivity index (χ3n) is 5.50. The van der Waals surface area contributed by atoms with Gasteiger partial charge in [0.25, 0.3) is 11.8 Å². The molecule has 2 saturated heterocycles. The van der Waals surface area contributed by atoms with E-state index in [4.69, 9.17) is 9.15 Å². The SMILES string of the molecule is O=C(Nc1ccc(C(=O)N2CCC(N3CCOCC3)CC2)cc1)c1ccc(Br)o1. The molecule has 1 N–H and O–H groups in total. The number of piperidine rings is 1. The monoisotopic (exact) mass is 461 g/mol. The molecule has 0 spiro atoms. The molecule has 29 heavy (non-hydrogen) atoms. The molecule has 8 heteroatoms. The van der Waals surface area contributed by atoms with Gasteiger partial charge in [-0.15, -0.1) is 0 Å². The van der Waals surface area contributed by atoms with Crippen molar-refractivity contribution in [1.82, 2.24) is 9.80 Å². The molecule has 1 aromatic heterocycles. The Bertz CT molecular complexity index is 853. The summed E-state index contributed by atoms with van der Waals surface area (Å²) >= 11 is 3.18. The van der Waals surface area contributed by atoms with Crippen LogP contribution in [0.25, 0.3) is 0 Å². The first kappa shape index (κ1) is 20.1. The topological polar surface area (TPSA) is 75.0 Å². The van der Waals surface area contributed by atoms with Gasteiger partial charge in [0.2, 0.25) is 0 Å². The summed E-state index contributed by atoms with van der Waals surface area (Å²) in [5.41, 5.74) is 1.25. The first-order valence-corrected chi connectivity index (χ1v) is 10.7. The summed E-state index contributed by atoms with van der Waals surface area (Å²) in [4.78, 5) is 29.4. The van der Waals surface area contributed by atoms with Gasteiger partial charge >= 0.3 is 0 Å². The van der Waals surface area contributed by atoms with E-state index in [2.05, 4.69) is 26.1 Å². The number of nitrogens with one attached hydrogen (secondary N) is 1. The Labute approximate surface area is 178 Å². The van der Waals surface area contributed by atoms with E-state index in [9.17, 15) is 9.59 Å². The molecule has 4 rings (SSSR count). The number of carbonyl (C=O) groups excluding carboxylic acids is 2. The van der Waals surface area contributed by atoms with Crippen LogP contribution in [0.4, 0.5) is 5.69 Å². The average molecular weight is 462 g/mol. The van der Waals surface area contributed by atoms with Gasteiger partial charge in [-0.05, 0) is 65.2 Å². The molecule has 0 radical (unpaired) electrons. The zero-order chi connectivity index (χ0) is 20.2. The second-order valence-electron chi connectivity index (χ2n) is 7.31. The second kappa shape index (κ2) is 9.11. The molecule has 2 amide bonds. The lowest BCUT2D eigenvalue weighted by atomic mass is 10.0. The number of halogens is 1. The van der Waals surface area contributed by atoms with Gasteiger partial charge in [0.15, 0.2) is 10.4 Å². The molecule has 0 atom stereocenters. The Morgan fingerprint density at radius 3 is 2.28 bits per heavy atom. The number of hydrogen-bond donors (Lipinski definition) is 1. The third kappa shape index (κ3) is 4.88. The smallest absolute Gasteiger partial charge is 0.291 e. The van der Waals surface area contributed by atoms with Crippen molar-refractivity contribution in [3.63, 3.8) is 0 Å². The van der Waals surface area contributed by atoms with Crippen LogP contribution in [0, 0.1) is 0 Å². The molecule has 3 heterocycles. The normalized spacial score (nSPS) is 18.6. The summed E-state index contributed by atoms with van der Waals surface area (Å²) in [6, 6.07) is 10.8. The molecule has 2 fully saturated rings. The Balaban J connectivity index is 1.31. The maximum absolute atomic E-state index is 12.8. The maximum Gasteiger partial charge on any atom is 0.291 e. The minimum atomic E-state index is -0.333. The number of hydrogen-bond acceptors (Lipinski definition) is 5. The fourth-order valence-electron chi connectivity index (χ4n) is 3.88. The predicted octanol–water partition coefficient (Wildman–Crippen LogP) is 3.23. The van der Waals surface area contributed by atoms with Crippen LogP contribution in [0.15, 0.2) is 45.5 Å². The minimum absolute atomic E-state index is 0.0401. The highest BCUT2D eigenvalue weighted by molar-refractivity contribution is 9.10. The van der Waals surface area contributed by atoms with Gasteiger partial charge in [-0.2, -0.15) is 0 Å². The number of nitrogens with zero attached hydrogens (tertiary/aromatic N) is 2. The summed E-state index contributed by atoms with van der Waals surface area (Å²) in [5.74, 6) is -0.0709. The molecule has 2 aliphatic rings. The van der Waals surface area contributed by atoms with E-state index < -0.39 is 0 Å². The fraction of sp³-hybridized carbons (Fsp3) is 0.429. The Morgan fingerprint density at radius 1 is 0.966 bits per heavy atom. The van der Waals surface area contributed by atoms with E-state index in [-0.39, 0.29) is 17.6 Å². The Kier molecular flexibility index (Phi) is 6.32. The molecule has 154 valence electrons. The summed E-state index contributed by atoms with van der Waals surface area (Å²) in [5, 5.41) is 2.77.